The minimum absolute atomic E-state index is 0.339. The van der Waals surface area contributed by atoms with Crippen molar-refractivity contribution >= 4 is 17.1 Å². The Labute approximate surface area is 109 Å². The van der Waals surface area contributed by atoms with E-state index in [0.29, 0.717) is 25.6 Å². The zero-order chi connectivity index (χ0) is 13.1. The molecule has 2 heterocycles. The normalized spacial score (nSPS) is 21.6. The van der Waals surface area contributed by atoms with E-state index in [4.69, 9.17) is 9.47 Å². The van der Waals surface area contributed by atoms with Crippen LogP contribution in [0.1, 0.15) is 20.3 Å². The molecule has 2 aliphatic heterocycles. The molecule has 1 atom stereocenters. The van der Waals surface area contributed by atoms with Crippen LogP contribution in [0.4, 0.5) is 0 Å². The molecule has 0 saturated carbocycles. The molecule has 2 N–H and O–H groups in total. The number of carboxylic acid groups (broad SMARTS) is 1. The first-order valence-electron chi connectivity index (χ1n) is 6.03. The van der Waals surface area contributed by atoms with Gasteiger partial charge < -0.3 is 14.6 Å². The molecule has 0 aromatic rings. The largest absolute Gasteiger partial charge is 0.486 e. The van der Waals surface area contributed by atoms with Crippen molar-refractivity contribution in [3.8, 4) is 0 Å². The monoisotopic (exact) mass is 273 g/mol. The van der Waals surface area contributed by atoms with Gasteiger partial charge in [0, 0.05) is 10.8 Å². The maximum Gasteiger partial charge on any atom is 0.321 e. The molecule has 2 aliphatic rings. The van der Waals surface area contributed by atoms with Gasteiger partial charge in [-0.1, -0.05) is 13.8 Å². The summed E-state index contributed by atoms with van der Waals surface area (Å²) in [6.45, 7) is 5.15. The summed E-state index contributed by atoms with van der Waals surface area (Å²) in [6, 6.07) is -0.523. The Balaban J connectivity index is 1.98. The molecule has 1 saturated heterocycles. The first kappa shape index (κ1) is 13.3. The molecule has 18 heavy (non-hydrogen) atoms. The van der Waals surface area contributed by atoms with Crippen molar-refractivity contribution in [3.63, 3.8) is 0 Å². The fourth-order valence-corrected chi connectivity index (χ4v) is 3.58. The third-order valence-corrected chi connectivity index (χ3v) is 4.30. The fourth-order valence-electron chi connectivity index (χ4n) is 1.87. The van der Waals surface area contributed by atoms with E-state index < -0.39 is 23.1 Å². The Kier molecular flexibility index (Phi) is 4.19. The third-order valence-electron chi connectivity index (χ3n) is 2.66. The quantitative estimate of drug-likeness (QED) is 0.666. The summed E-state index contributed by atoms with van der Waals surface area (Å²) in [6.07, 6.45) is 0.613. The molecule has 0 amide bonds. The Morgan fingerprint density at radius 1 is 1.39 bits per heavy atom. The maximum absolute atomic E-state index is 11.2. The molecular formula is C12H19NO4S. The van der Waals surface area contributed by atoms with Gasteiger partial charge in [0.2, 0.25) is 0 Å². The SMILES string of the molecule is CC(C)C[C@H](N[SH]1C=C2OCCOC2=C1)C(=O)O. The summed E-state index contributed by atoms with van der Waals surface area (Å²) in [5.41, 5.74) is 0. The summed E-state index contributed by atoms with van der Waals surface area (Å²) >= 11 is -0.803. The predicted octanol–water partition coefficient (Wildman–Crippen LogP) is 1.73. The average Bonchev–Trinajstić information content (AvgIpc) is 2.69. The topological polar surface area (TPSA) is 67.8 Å². The van der Waals surface area contributed by atoms with Crippen molar-refractivity contribution in [1.82, 2.24) is 4.72 Å². The van der Waals surface area contributed by atoms with Crippen LogP contribution >= 0.6 is 11.1 Å². The van der Waals surface area contributed by atoms with Crippen LogP contribution < -0.4 is 4.72 Å². The number of carbonyl (C=O) groups is 1. The molecule has 0 bridgehead atoms. The maximum atomic E-state index is 11.2. The van der Waals surface area contributed by atoms with Crippen molar-refractivity contribution in [3.05, 3.63) is 22.3 Å². The number of hydrogen-bond donors (Lipinski definition) is 3. The molecule has 6 heteroatoms. The molecule has 102 valence electrons. The van der Waals surface area contributed by atoms with Crippen LogP contribution in [0, 0.1) is 5.92 Å². The van der Waals surface area contributed by atoms with Gasteiger partial charge in [-0.05, 0) is 12.3 Å². The number of rotatable bonds is 5. The van der Waals surface area contributed by atoms with Crippen LogP contribution in [0.25, 0.3) is 0 Å². The lowest BCUT2D eigenvalue weighted by Gasteiger charge is -2.20. The fraction of sp³-hybridized carbons (Fsp3) is 0.583. The van der Waals surface area contributed by atoms with Crippen LogP contribution in [0.2, 0.25) is 0 Å². The highest BCUT2D eigenvalue weighted by atomic mass is 32.2. The molecule has 2 rings (SSSR count). The highest BCUT2D eigenvalue weighted by Gasteiger charge is 2.26. The van der Waals surface area contributed by atoms with Gasteiger partial charge in [-0.15, -0.1) is 0 Å². The van der Waals surface area contributed by atoms with Crippen molar-refractivity contribution in [1.29, 1.82) is 0 Å². The van der Waals surface area contributed by atoms with E-state index >= 15 is 0 Å². The molecule has 0 radical (unpaired) electrons. The molecule has 0 aliphatic carbocycles. The van der Waals surface area contributed by atoms with E-state index in [1.54, 1.807) is 0 Å². The molecule has 1 fully saturated rings. The van der Waals surface area contributed by atoms with E-state index in [1.807, 2.05) is 24.7 Å². The van der Waals surface area contributed by atoms with Gasteiger partial charge in [0.05, 0.1) is 0 Å². The average molecular weight is 273 g/mol. The third kappa shape index (κ3) is 3.20. The van der Waals surface area contributed by atoms with Gasteiger partial charge >= 0.3 is 5.97 Å². The summed E-state index contributed by atoms with van der Waals surface area (Å²) in [5.74, 6) is 1.02. The Bertz CT molecular complexity index is 370. The molecular weight excluding hydrogens is 254 g/mol. The second-order valence-corrected chi connectivity index (χ2v) is 6.33. The van der Waals surface area contributed by atoms with E-state index in [2.05, 4.69) is 4.72 Å². The first-order valence-corrected chi connectivity index (χ1v) is 7.51. The van der Waals surface area contributed by atoms with Gasteiger partial charge in [0.25, 0.3) is 0 Å². The first-order chi connectivity index (χ1) is 8.56. The van der Waals surface area contributed by atoms with Crippen LogP contribution in [-0.2, 0) is 14.3 Å². The number of nitrogens with one attached hydrogen (secondary N) is 1. The van der Waals surface area contributed by atoms with E-state index in [0.717, 1.165) is 11.5 Å². The summed E-state index contributed by atoms with van der Waals surface area (Å²) in [5, 5.41) is 13.0. The number of aliphatic carboxylic acids is 1. The van der Waals surface area contributed by atoms with Crippen LogP contribution in [-0.4, -0.2) is 30.3 Å². The lowest BCUT2D eigenvalue weighted by atomic mass is 10.1. The Hall–Kier alpha value is -1.14. The standard InChI is InChI=1S/C12H19NO4S/c1-8(2)5-9(12(14)15)13-18-6-10-11(7-18)17-4-3-16-10/h6-9,13,18H,3-5H2,1-2H3,(H,14,15)/t9-/m0/s1. The second-order valence-electron chi connectivity index (χ2n) is 4.74. The number of carboxylic acids is 1. The zero-order valence-corrected chi connectivity index (χ0v) is 11.4. The molecule has 0 spiro atoms. The van der Waals surface area contributed by atoms with Gasteiger partial charge in [0.1, 0.15) is 19.3 Å². The number of fused-ring (bicyclic) bond motifs is 1. The molecule has 5 nitrogen and oxygen atoms in total. The summed E-state index contributed by atoms with van der Waals surface area (Å²) < 4.78 is 14.1. The molecule has 0 unspecified atom stereocenters. The molecule has 0 aromatic heterocycles. The van der Waals surface area contributed by atoms with Gasteiger partial charge in [-0.3, -0.25) is 9.52 Å². The van der Waals surface area contributed by atoms with E-state index in [-0.39, 0.29) is 0 Å². The summed E-state index contributed by atoms with van der Waals surface area (Å²) in [4.78, 5) is 11.2. The van der Waals surface area contributed by atoms with Crippen molar-refractivity contribution in [2.24, 2.45) is 5.92 Å². The smallest absolute Gasteiger partial charge is 0.321 e. The Morgan fingerprint density at radius 3 is 2.39 bits per heavy atom. The van der Waals surface area contributed by atoms with Crippen LogP contribution in [0.3, 0.4) is 0 Å². The predicted molar refractivity (Wildman–Crippen MR) is 71.1 cm³/mol. The van der Waals surface area contributed by atoms with Crippen LogP contribution in [0.15, 0.2) is 22.3 Å². The lowest BCUT2D eigenvalue weighted by Crippen LogP contribution is -2.34. The van der Waals surface area contributed by atoms with Gasteiger partial charge in [-0.25, -0.2) is 0 Å². The van der Waals surface area contributed by atoms with Gasteiger partial charge in [-0.2, -0.15) is 11.1 Å². The Morgan fingerprint density at radius 2 is 1.94 bits per heavy atom. The van der Waals surface area contributed by atoms with Gasteiger partial charge in [0.15, 0.2) is 11.5 Å². The van der Waals surface area contributed by atoms with Crippen molar-refractivity contribution in [2.75, 3.05) is 13.2 Å². The number of ether oxygens (including phenoxy) is 2. The molecule has 0 aromatic carbocycles. The number of hydrogen-bond acceptors (Lipinski definition) is 4. The highest BCUT2D eigenvalue weighted by molar-refractivity contribution is 8.20. The van der Waals surface area contributed by atoms with Crippen molar-refractivity contribution < 1.29 is 19.4 Å². The number of thiol groups is 1. The van der Waals surface area contributed by atoms with Crippen molar-refractivity contribution in [2.45, 2.75) is 26.3 Å². The highest BCUT2D eigenvalue weighted by Crippen LogP contribution is 2.40. The zero-order valence-electron chi connectivity index (χ0n) is 10.5. The summed E-state index contributed by atoms with van der Waals surface area (Å²) in [7, 11) is 0. The lowest BCUT2D eigenvalue weighted by molar-refractivity contribution is -0.139. The minimum atomic E-state index is -0.806. The van der Waals surface area contributed by atoms with E-state index in [1.165, 1.54) is 0 Å². The van der Waals surface area contributed by atoms with E-state index in [9.17, 15) is 9.90 Å². The second kappa shape index (κ2) is 5.67. The minimum Gasteiger partial charge on any atom is -0.486 e. The van der Waals surface area contributed by atoms with Crippen LogP contribution in [0.5, 0.6) is 0 Å².